The van der Waals surface area contributed by atoms with Crippen molar-refractivity contribution in [2.45, 2.75) is 37.9 Å². The molecule has 1 saturated heterocycles. The second-order valence-corrected chi connectivity index (χ2v) is 6.95. The Hall–Kier alpha value is -1.01. The van der Waals surface area contributed by atoms with E-state index >= 15 is 0 Å². The summed E-state index contributed by atoms with van der Waals surface area (Å²) in [5.74, 6) is 1.97. The van der Waals surface area contributed by atoms with E-state index in [9.17, 15) is 0 Å². The minimum Gasteiger partial charge on any atom is -0.370 e. The maximum atomic E-state index is 4.69. The summed E-state index contributed by atoms with van der Waals surface area (Å²) in [4.78, 5) is 14.0. The third-order valence-electron chi connectivity index (χ3n) is 4.07. The van der Waals surface area contributed by atoms with Crippen LogP contribution in [0, 0.1) is 0 Å². The third kappa shape index (κ3) is 4.01. The Morgan fingerprint density at radius 1 is 1.33 bits per heavy atom. The first-order chi connectivity index (χ1) is 9.96. The summed E-state index contributed by atoms with van der Waals surface area (Å²) in [6.07, 6.45) is 3.12. The summed E-state index contributed by atoms with van der Waals surface area (Å²) in [5, 5.41) is 4.21. The quantitative estimate of drug-likeness (QED) is 0.666. The number of thioether (sulfide) groups is 1. The Morgan fingerprint density at radius 3 is 2.71 bits per heavy atom. The normalized spacial score (nSPS) is 18.8. The lowest BCUT2D eigenvalue weighted by Crippen LogP contribution is -2.57. The fourth-order valence-corrected chi connectivity index (χ4v) is 2.82. The van der Waals surface area contributed by atoms with E-state index in [2.05, 4.69) is 54.0 Å². The molecule has 1 N–H and O–H groups in total. The van der Waals surface area contributed by atoms with Gasteiger partial charge in [0, 0.05) is 37.8 Å². The summed E-state index contributed by atoms with van der Waals surface area (Å²) in [6, 6.07) is 2.08. The molecule has 6 heteroatoms. The highest BCUT2D eigenvalue weighted by atomic mass is 32.2. The van der Waals surface area contributed by atoms with E-state index in [-0.39, 0.29) is 5.54 Å². The molecule has 2 rings (SSSR count). The van der Waals surface area contributed by atoms with Gasteiger partial charge in [0.2, 0.25) is 0 Å². The fourth-order valence-electron chi connectivity index (χ4n) is 2.45. The molecule has 0 unspecified atom stereocenters. The molecule has 0 radical (unpaired) electrons. The zero-order chi connectivity index (χ0) is 15.5. The summed E-state index contributed by atoms with van der Waals surface area (Å²) in [5.41, 5.74) is 0.166. The van der Waals surface area contributed by atoms with E-state index in [1.165, 1.54) is 0 Å². The molecule has 1 fully saturated rings. The first-order valence-electron chi connectivity index (χ1n) is 7.59. The number of anilines is 2. The number of hydrogen-bond acceptors (Lipinski definition) is 6. The molecule has 0 spiro atoms. The van der Waals surface area contributed by atoms with E-state index in [1.807, 2.05) is 6.26 Å². The van der Waals surface area contributed by atoms with Crippen LogP contribution in [0.25, 0.3) is 0 Å². The van der Waals surface area contributed by atoms with Gasteiger partial charge in [-0.1, -0.05) is 18.7 Å². The van der Waals surface area contributed by atoms with Crippen LogP contribution >= 0.6 is 11.8 Å². The maximum absolute atomic E-state index is 4.69. The van der Waals surface area contributed by atoms with Crippen molar-refractivity contribution < 1.29 is 0 Å². The van der Waals surface area contributed by atoms with Gasteiger partial charge in [-0.2, -0.15) is 0 Å². The Kier molecular flexibility index (Phi) is 5.32. The van der Waals surface area contributed by atoms with Gasteiger partial charge >= 0.3 is 0 Å². The van der Waals surface area contributed by atoms with E-state index in [1.54, 1.807) is 11.8 Å². The van der Waals surface area contributed by atoms with Gasteiger partial charge in [0.15, 0.2) is 5.16 Å². The lowest BCUT2D eigenvalue weighted by atomic mass is 10.00. The van der Waals surface area contributed by atoms with Crippen molar-refractivity contribution in [3.63, 3.8) is 0 Å². The molecule has 0 amide bonds. The molecule has 0 aliphatic carbocycles. The standard InChI is InChI=1S/C15H27N5S/c1-6-7-16-12-10-13(18-14(17-12)21-5)20-9-8-19(4)15(2,3)11-20/h10H,6-9,11H2,1-5H3,(H,16,17,18). The summed E-state index contributed by atoms with van der Waals surface area (Å²) < 4.78 is 0. The lowest BCUT2D eigenvalue weighted by Gasteiger charge is -2.45. The van der Waals surface area contributed by atoms with Crippen LogP contribution in [0.1, 0.15) is 27.2 Å². The van der Waals surface area contributed by atoms with Crippen molar-refractivity contribution in [1.82, 2.24) is 14.9 Å². The van der Waals surface area contributed by atoms with Crippen molar-refractivity contribution in [3.8, 4) is 0 Å². The van der Waals surface area contributed by atoms with Gasteiger partial charge in [-0.3, -0.25) is 4.90 Å². The van der Waals surface area contributed by atoms with Gasteiger partial charge in [-0.25, -0.2) is 9.97 Å². The number of rotatable bonds is 5. The van der Waals surface area contributed by atoms with Gasteiger partial charge in [0.1, 0.15) is 11.6 Å². The second kappa shape index (κ2) is 6.83. The first-order valence-corrected chi connectivity index (χ1v) is 8.82. The average Bonchev–Trinajstić information content (AvgIpc) is 2.47. The minimum atomic E-state index is 0.166. The topological polar surface area (TPSA) is 44.3 Å². The molecule has 0 saturated carbocycles. The third-order valence-corrected chi connectivity index (χ3v) is 4.62. The van der Waals surface area contributed by atoms with Crippen molar-refractivity contribution in [2.75, 3.05) is 49.7 Å². The van der Waals surface area contributed by atoms with Gasteiger partial charge in [0.25, 0.3) is 0 Å². The number of likely N-dealkylation sites (N-methyl/N-ethyl adjacent to an activating group) is 1. The molecule has 0 bridgehead atoms. The Labute approximate surface area is 132 Å². The number of hydrogen-bond donors (Lipinski definition) is 1. The van der Waals surface area contributed by atoms with Crippen LogP contribution in [0.2, 0.25) is 0 Å². The fraction of sp³-hybridized carbons (Fsp3) is 0.733. The SMILES string of the molecule is CCCNc1cc(N2CCN(C)C(C)(C)C2)nc(SC)n1. The van der Waals surface area contributed by atoms with Crippen molar-refractivity contribution in [3.05, 3.63) is 6.07 Å². The Balaban J connectivity index is 2.22. The smallest absolute Gasteiger partial charge is 0.191 e. The van der Waals surface area contributed by atoms with E-state index in [0.717, 1.165) is 49.4 Å². The Morgan fingerprint density at radius 2 is 2.10 bits per heavy atom. The zero-order valence-electron chi connectivity index (χ0n) is 13.8. The molecule has 1 aliphatic rings. The molecule has 21 heavy (non-hydrogen) atoms. The van der Waals surface area contributed by atoms with Crippen LogP contribution in [0.3, 0.4) is 0 Å². The molecule has 1 aromatic heterocycles. The van der Waals surface area contributed by atoms with Gasteiger partial charge < -0.3 is 10.2 Å². The number of nitrogens with one attached hydrogen (secondary N) is 1. The molecule has 1 aromatic rings. The molecular formula is C15H27N5S. The lowest BCUT2D eigenvalue weighted by molar-refractivity contribution is 0.138. The second-order valence-electron chi connectivity index (χ2n) is 6.18. The van der Waals surface area contributed by atoms with Gasteiger partial charge in [0.05, 0.1) is 0 Å². The van der Waals surface area contributed by atoms with Crippen molar-refractivity contribution >= 4 is 23.4 Å². The zero-order valence-corrected chi connectivity index (χ0v) is 14.6. The summed E-state index contributed by atoms with van der Waals surface area (Å²) in [7, 11) is 2.19. The van der Waals surface area contributed by atoms with Crippen LogP contribution in [-0.4, -0.2) is 59.9 Å². The number of nitrogens with zero attached hydrogens (tertiary/aromatic N) is 4. The van der Waals surface area contributed by atoms with Crippen LogP contribution in [0.5, 0.6) is 0 Å². The highest BCUT2D eigenvalue weighted by Gasteiger charge is 2.31. The highest BCUT2D eigenvalue weighted by Crippen LogP contribution is 2.26. The minimum absolute atomic E-state index is 0.166. The van der Waals surface area contributed by atoms with Crippen LogP contribution < -0.4 is 10.2 Å². The molecule has 2 heterocycles. The van der Waals surface area contributed by atoms with Crippen LogP contribution in [0.4, 0.5) is 11.6 Å². The van der Waals surface area contributed by atoms with E-state index in [4.69, 9.17) is 4.98 Å². The predicted octanol–water partition coefficient (Wildman–Crippen LogP) is 2.55. The number of aromatic nitrogens is 2. The van der Waals surface area contributed by atoms with E-state index in [0.29, 0.717) is 0 Å². The predicted molar refractivity (Wildman–Crippen MR) is 91.5 cm³/mol. The molecule has 1 aliphatic heterocycles. The van der Waals surface area contributed by atoms with Crippen molar-refractivity contribution in [2.24, 2.45) is 0 Å². The first kappa shape index (κ1) is 16.4. The van der Waals surface area contributed by atoms with Crippen LogP contribution in [-0.2, 0) is 0 Å². The molecular weight excluding hydrogens is 282 g/mol. The Bertz CT molecular complexity index is 477. The van der Waals surface area contributed by atoms with Gasteiger partial charge in [-0.05, 0) is 33.6 Å². The number of piperazine rings is 1. The highest BCUT2D eigenvalue weighted by molar-refractivity contribution is 7.98. The van der Waals surface area contributed by atoms with E-state index < -0.39 is 0 Å². The molecule has 5 nitrogen and oxygen atoms in total. The van der Waals surface area contributed by atoms with Crippen LogP contribution in [0.15, 0.2) is 11.2 Å². The van der Waals surface area contributed by atoms with Gasteiger partial charge in [-0.15, -0.1) is 0 Å². The average molecular weight is 309 g/mol. The summed E-state index contributed by atoms with van der Waals surface area (Å²) in [6.45, 7) is 10.7. The summed E-state index contributed by atoms with van der Waals surface area (Å²) >= 11 is 1.60. The largest absolute Gasteiger partial charge is 0.370 e. The maximum Gasteiger partial charge on any atom is 0.191 e. The molecule has 118 valence electrons. The monoisotopic (exact) mass is 309 g/mol. The molecule has 0 aromatic carbocycles. The van der Waals surface area contributed by atoms with Crippen molar-refractivity contribution in [1.29, 1.82) is 0 Å². The molecule has 0 atom stereocenters.